The monoisotopic (exact) mass is 341 g/mol. The van der Waals surface area contributed by atoms with Crippen LogP contribution < -0.4 is 0 Å². The standard InChI is InChI=1S/C19H19NO5/c21-9-14-17(23)18(24)15(22)8-20(14)19(25)13-7-3-6-12-10-4-1-2-5-11(10)16(12)13/h1-7,14-15,17-18,21-24H,8-9H2. The Hall–Kier alpha value is -2.25. The summed E-state index contributed by atoms with van der Waals surface area (Å²) in [6.45, 7) is -0.643. The van der Waals surface area contributed by atoms with E-state index in [9.17, 15) is 25.2 Å². The maximum Gasteiger partial charge on any atom is 0.255 e. The van der Waals surface area contributed by atoms with Crippen molar-refractivity contribution in [2.24, 2.45) is 0 Å². The molecular formula is C19H19NO5. The third-order valence-corrected chi connectivity index (χ3v) is 5.15. The molecule has 2 aromatic carbocycles. The van der Waals surface area contributed by atoms with E-state index in [4.69, 9.17) is 0 Å². The Bertz CT molecular complexity index is 1020. The number of benzene rings is 2. The molecule has 2 aromatic rings. The number of β-amino-alcohol motifs (C(OH)–C–C–N with tert-alkyl or cyclic N) is 1. The number of aliphatic hydroxyl groups is 4. The van der Waals surface area contributed by atoms with E-state index in [1.54, 1.807) is 12.1 Å². The van der Waals surface area contributed by atoms with Crippen LogP contribution in [0.1, 0.15) is 10.4 Å². The highest BCUT2D eigenvalue weighted by molar-refractivity contribution is 5.95. The molecule has 4 N–H and O–H groups in total. The van der Waals surface area contributed by atoms with Crippen molar-refractivity contribution in [3.63, 3.8) is 0 Å². The fourth-order valence-corrected chi connectivity index (χ4v) is 3.80. The summed E-state index contributed by atoms with van der Waals surface area (Å²) in [5, 5.41) is 43.3. The van der Waals surface area contributed by atoms with Crippen LogP contribution in [0, 0.1) is 20.9 Å². The first-order valence-corrected chi connectivity index (χ1v) is 8.23. The number of carbonyl (C=O) groups excluding carboxylic acids is 1. The molecule has 0 saturated carbocycles. The molecule has 1 fully saturated rings. The highest BCUT2D eigenvalue weighted by Gasteiger charge is 2.43. The van der Waals surface area contributed by atoms with Crippen molar-refractivity contribution in [1.82, 2.24) is 4.90 Å². The number of carbonyl (C=O) groups is 1. The van der Waals surface area contributed by atoms with E-state index in [1.165, 1.54) is 4.90 Å². The summed E-state index contributed by atoms with van der Waals surface area (Å²) in [6.07, 6.45) is -4.05. The zero-order valence-corrected chi connectivity index (χ0v) is 13.4. The SMILES string of the molecule is O=C(c1cccc2c1=c1ccccc1=2)N1CC(O)C(O)C(O)C1CO. The molecule has 4 unspecified atom stereocenters. The van der Waals surface area contributed by atoms with Crippen molar-refractivity contribution in [3.8, 4) is 0 Å². The number of piperidine rings is 1. The number of rotatable bonds is 2. The quantitative estimate of drug-likeness (QED) is 0.502. The molecule has 4 atom stereocenters. The maximum atomic E-state index is 13.1. The van der Waals surface area contributed by atoms with Gasteiger partial charge in [0.15, 0.2) is 0 Å². The molecule has 2 aliphatic rings. The Balaban J connectivity index is 1.81. The van der Waals surface area contributed by atoms with E-state index >= 15 is 0 Å². The van der Waals surface area contributed by atoms with Crippen LogP contribution in [0.2, 0.25) is 0 Å². The van der Waals surface area contributed by atoms with Gasteiger partial charge >= 0.3 is 0 Å². The van der Waals surface area contributed by atoms with Gasteiger partial charge in [0.2, 0.25) is 0 Å². The van der Waals surface area contributed by atoms with Gasteiger partial charge in [0.25, 0.3) is 5.91 Å². The van der Waals surface area contributed by atoms with Crippen LogP contribution in [-0.2, 0) is 0 Å². The second-order valence-corrected chi connectivity index (χ2v) is 6.53. The van der Waals surface area contributed by atoms with Crippen LogP contribution in [-0.4, -0.2) is 68.7 Å². The summed E-state index contributed by atoms with van der Waals surface area (Å²) < 4.78 is 0. The van der Waals surface area contributed by atoms with Crippen LogP contribution in [0.4, 0.5) is 0 Å². The predicted octanol–water partition coefficient (Wildman–Crippen LogP) is -0.527. The molecule has 1 heterocycles. The molecule has 0 spiro atoms. The minimum atomic E-state index is -1.40. The van der Waals surface area contributed by atoms with E-state index in [0.29, 0.717) is 5.56 Å². The van der Waals surface area contributed by atoms with Crippen LogP contribution in [0.25, 0.3) is 0 Å². The highest BCUT2D eigenvalue weighted by atomic mass is 16.4. The van der Waals surface area contributed by atoms with Gasteiger partial charge in [-0.05, 0) is 21.7 Å². The Morgan fingerprint density at radius 1 is 0.960 bits per heavy atom. The second-order valence-electron chi connectivity index (χ2n) is 6.53. The van der Waals surface area contributed by atoms with E-state index in [1.807, 2.05) is 30.3 Å². The fraction of sp³-hybridized carbons (Fsp3) is 0.316. The summed E-state index contributed by atoms with van der Waals surface area (Å²) in [7, 11) is 0. The van der Waals surface area contributed by atoms with Gasteiger partial charge in [0.05, 0.1) is 19.2 Å². The van der Waals surface area contributed by atoms with Crippen molar-refractivity contribution in [2.75, 3.05) is 13.2 Å². The molecule has 4 rings (SSSR count). The lowest BCUT2D eigenvalue weighted by atomic mass is 9.92. The Morgan fingerprint density at radius 2 is 1.64 bits per heavy atom. The smallest absolute Gasteiger partial charge is 0.255 e. The van der Waals surface area contributed by atoms with Gasteiger partial charge in [-0.2, -0.15) is 0 Å². The average molecular weight is 341 g/mol. The topological polar surface area (TPSA) is 101 Å². The third-order valence-electron chi connectivity index (χ3n) is 5.15. The summed E-state index contributed by atoms with van der Waals surface area (Å²) in [5.74, 6) is -0.379. The van der Waals surface area contributed by atoms with Crippen LogP contribution in [0.5, 0.6) is 0 Å². The van der Waals surface area contributed by atoms with Crippen LogP contribution in [0.15, 0.2) is 42.5 Å². The lowest BCUT2D eigenvalue weighted by Crippen LogP contribution is -2.63. The minimum Gasteiger partial charge on any atom is -0.394 e. The molecule has 6 nitrogen and oxygen atoms in total. The number of hydrogen-bond acceptors (Lipinski definition) is 5. The molecule has 0 bridgehead atoms. The zero-order valence-electron chi connectivity index (χ0n) is 13.4. The van der Waals surface area contributed by atoms with Gasteiger partial charge in [-0.15, -0.1) is 0 Å². The number of hydrogen-bond donors (Lipinski definition) is 4. The number of fused-ring (bicyclic) bond motifs is 2. The largest absolute Gasteiger partial charge is 0.394 e. The van der Waals surface area contributed by atoms with Gasteiger partial charge in [-0.1, -0.05) is 36.4 Å². The number of aliphatic hydroxyl groups excluding tert-OH is 4. The van der Waals surface area contributed by atoms with Crippen molar-refractivity contribution in [2.45, 2.75) is 24.4 Å². The van der Waals surface area contributed by atoms with E-state index in [-0.39, 0.29) is 12.5 Å². The third kappa shape index (κ3) is 2.30. The second kappa shape index (κ2) is 5.93. The first-order valence-electron chi connectivity index (χ1n) is 8.23. The van der Waals surface area contributed by atoms with Crippen LogP contribution >= 0.6 is 0 Å². The van der Waals surface area contributed by atoms with Gasteiger partial charge < -0.3 is 25.3 Å². The molecule has 1 aliphatic carbocycles. The summed E-state index contributed by atoms with van der Waals surface area (Å²) in [4.78, 5) is 14.3. The lowest BCUT2D eigenvalue weighted by molar-refractivity contribution is -0.134. The van der Waals surface area contributed by atoms with E-state index in [2.05, 4.69) is 0 Å². The minimum absolute atomic E-state index is 0.145. The molecular weight excluding hydrogens is 322 g/mol. The molecule has 130 valence electrons. The number of amides is 1. The summed E-state index contributed by atoms with van der Waals surface area (Å²) >= 11 is 0. The zero-order chi connectivity index (χ0) is 17.7. The molecule has 1 amide bonds. The van der Waals surface area contributed by atoms with Crippen molar-refractivity contribution in [3.05, 3.63) is 68.9 Å². The van der Waals surface area contributed by atoms with Gasteiger partial charge in [-0.3, -0.25) is 4.79 Å². The summed E-state index contributed by atoms with van der Waals surface area (Å²) in [5.41, 5.74) is 0.463. The molecule has 1 saturated heterocycles. The maximum absolute atomic E-state index is 13.1. The Kier molecular flexibility index (Phi) is 3.85. The van der Waals surface area contributed by atoms with Crippen LogP contribution in [0.3, 0.4) is 0 Å². The molecule has 0 aromatic heterocycles. The lowest BCUT2D eigenvalue weighted by Gasteiger charge is -2.43. The Morgan fingerprint density at radius 3 is 2.36 bits per heavy atom. The van der Waals surface area contributed by atoms with E-state index < -0.39 is 31.0 Å². The van der Waals surface area contributed by atoms with Gasteiger partial charge in [-0.25, -0.2) is 0 Å². The first-order chi connectivity index (χ1) is 12.0. The number of nitrogens with zero attached hydrogens (tertiary/aromatic N) is 1. The molecule has 25 heavy (non-hydrogen) atoms. The van der Waals surface area contributed by atoms with Crippen molar-refractivity contribution < 1.29 is 25.2 Å². The molecule has 6 heteroatoms. The van der Waals surface area contributed by atoms with Gasteiger partial charge in [0.1, 0.15) is 18.3 Å². The highest BCUT2D eigenvalue weighted by Crippen LogP contribution is 2.24. The predicted molar refractivity (Wildman–Crippen MR) is 88.2 cm³/mol. The Labute approximate surface area is 143 Å². The molecule has 1 aliphatic heterocycles. The summed E-state index contributed by atoms with van der Waals surface area (Å²) in [6, 6.07) is 12.3. The number of likely N-dealkylation sites (tertiary alicyclic amines) is 1. The fourth-order valence-electron chi connectivity index (χ4n) is 3.80. The van der Waals surface area contributed by atoms with Crippen molar-refractivity contribution >= 4 is 5.91 Å². The average Bonchev–Trinajstić information content (AvgIpc) is 2.62. The first kappa shape index (κ1) is 16.2. The molecule has 0 radical (unpaired) electrons. The normalized spacial score (nSPS) is 27.3. The van der Waals surface area contributed by atoms with E-state index in [0.717, 1.165) is 20.9 Å². The van der Waals surface area contributed by atoms with Gasteiger partial charge in [0, 0.05) is 10.8 Å². The van der Waals surface area contributed by atoms with Crippen molar-refractivity contribution in [1.29, 1.82) is 0 Å².